The molecule has 3 rings (SSSR count). The average molecular weight is 487 g/mol. The molecule has 0 aliphatic heterocycles. The second kappa shape index (κ2) is 11.0. The van der Waals surface area contributed by atoms with Crippen molar-refractivity contribution in [2.75, 3.05) is 17.5 Å². The second-order valence-corrected chi connectivity index (χ2v) is 9.31. The standard InChI is InChI=1S/C24H23ClN2O5S/c1-2-27(21-8-4-3-5-9-21)33(30,31)22-10-6-7-19(15-22)24(29)32-17-23(28)26-16-18-11-13-20(25)14-12-18/h3-15H,2,16-17H2,1H3,(H,26,28). The molecule has 0 saturated heterocycles. The van der Waals surface area contributed by atoms with Crippen molar-refractivity contribution in [1.82, 2.24) is 5.32 Å². The second-order valence-electron chi connectivity index (χ2n) is 7.01. The number of hydrogen-bond donors (Lipinski definition) is 1. The summed E-state index contributed by atoms with van der Waals surface area (Å²) in [5.74, 6) is -1.28. The molecule has 0 aliphatic carbocycles. The number of halogens is 1. The number of hydrogen-bond acceptors (Lipinski definition) is 5. The molecule has 3 aromatic carbocycles. The minimum atomic E-state index is -3.90. The summed E-state index contributed by atoms with van der Waals surface area (Å²) in [6.07, 6.45) is 0. The largest absolute Gasteiger partial charge is 0.452 e. The zero-order valence-corrected chi connectivity index (χ0v) is 19.5. The van der Waals surface area contributed by atoms with Crippen molar-refractivity contribution in [3.05, 3.63) is 95.0 Å². The molecule has 1 N–H and O–H groups in total. The van der Waals surface area contributed by atoms with Gasteiger partial charge >= 0.3 is 5.97 Å². The van der Waals surface area contributed by atoms with Gasteiger partial charge in [-0.1, -0.05) is 48.0 Å². The first kappa shape index (κ1) is 24.3. The normalized spacial score (nSPS) is 11.0. The van der Waals surface area contributed by atoms with Crippen molar-refractivity contribution in [2.45, 2.75) is 18.4 Å². The molecule has 0 saturated carbocycles. The molecule has 0 bridgehead atoms. The van der Waals surface area contributed by atoms with E-state index in [0.717, 1.165) is 5.56 Å². The van der Waals surface area contributed by atoms with E-state index in [1.54, 1.807) is 61.5 Å². The van der Waals surface area contributed by atoms with Crippen LogP contribution in [-0.2, 0) is 26.1 Å². The maximum Gasteiger partial charge on any atom is 0.338 e. The Bertz CT molecular complexity index is 1220. The van der Waals surface area contributed by atoms with Crippen LogP contribution in [0.15, 0.2) is 83.8 Å². The third-order valence-electron chi connectivity index (χ3n) is 4.73. The van der Waals surface area contributed by atoms with E-state index in [1.807, 2.05) is 0 Å². The van der Waals surface area contributed by atoms with Crippen LogP contribution in [0.4, 0.5) is 5.69 Å². The SMILES string of the molecule is CCN(c1ccccc1)S(=O)(=O)c1cccc(C(=O)OCC(=O)NCc2ccc(Cl)cc2)c1. The monoisotopic (exact) mass is 486 g/mol. The van der Waals surface area contributed by atoms with Gasteiger partial charge in [-0.15, -0.1) is 0 Å². The van der Waals surface area contributed by atoms with Gasteiger partial charge in [-0.25, -0.2) is 13.2 Å². The Hall–Kier alpha value is -3.36. The van der Waals surface area contributed by atoms with Crippen molar-refractivity contribution in [3.8, 4) is 0 Å². The van der Waals surface area contributed by atoms with Crippen molar-refractivity contribution in [3.63, 3.8) is 0 Å². The molecular formula is C24H23ClN2O5S. The zero-order valence-electron chi connectivity index (χ0n) is 17.9. The number of rotatable bonds is 9. The lowest BCUT2D eigenvalue weighted by Crippen LogP contribution is -2.31. The fourth-order valence-corrected chi connectivity index (χ4v) is 4.71. The van der Waals surface area contributed by atoms with Crippen LogP contribution in [0.3, 0.4) is 0 Å². The zero-order chi connectivity index (χ0) is 23.8. The maximum absolute atomic E-state index is 13.1. The molecule has 7 nitrogen and oxygen atoms in total. The number of sulfonamides is 1. The lowest BCUT2D eigenvalue weighted by atomic mass is 10.2. The third-order valence-corrected chi connectivity index (χ3v) is 6.88. The number of carbonyl (C=O) groups is 2. The van der Waals surface area contributed by atoms with Gasteiger partial charge in [0.05, 0.1) is 16.1 Å². The van der Waals surface area contributed by atoms with E-state index in [9.17, 15) is 18.0 Å². The summed E-state index contributed by atoms with van der Waals surface area (Å²) in [4.78, 5) is 24.4. The Morgan fingerprint density at radius 1 is 0.970 bits per heavy atom. The summed E-state index contributed by atoms with van der Waals surface area (Å²) in [5, 5.41) is 3.23. The van der Waals surface area contributed by atoms with E-state index in [-0.39, 0.29) is 23.5 Å². The number of nitrogens with one attached hydrogen (secondary N) is 1. The van der Waals surface area contributed by atoms with Gasteiger partial charge in [0.15, 0.2) is 6.61 Å². The lowest BCUT2D eigenvalue weighted by molar-refractivity contribution is -0.124. The highest BCUT2D eigenvalue weighted by Crippen LogP contribution is 2.24. The quantitative estimate of drug-likeness (QED) is 0.461. The van der Waals surface area contributed by atoms with E-state index >= 15 is 0 Å². The first-order valence-electron chi connectivity index (χ1n) is 10.2. The summed E-state index contributed by atoms with van der Waals surface area (Å²) in [7, 11) is -3.90. The molecule has 0 spiro atoms. The Balaban J connectivity index is 1.64. The lowest BCUT2D eigenvalue weighted by Gasteiger charge is -2.23. The van der Waals surface area contributed by atoms with Gasteiger partial charge in [-0.2, -0.15) is 0 Å². The number of carbonyl (C=O) groups excluding carboxylic acids is 2. The topological polar surface area (TPSA) is 92.8 Å². The van der Waals surface area contributed by atoms with Crippen LogP contribution in [0, 0.1) is 0 Å². The van der Waals surface area contributed by atoms with Crippen molar-refractivity contribution >= 4 is 39.2 Å². The Labute approximate surface area is 198 Å². The molecule has 0 aliphatic rings. The van der Waals surface area contributed by atoms with Crippen LogP contribution >= 0.6 is 11.6 Å². The number of esters is 1. The molecule has 0 radical (unpaired) electrons. The van der Waals surface area contributed by atoms with E-state index in [4.69, 9.17) is 16.3 Å². The number of ether oxygens (including phenoxy) is 1. The number of anilines is 1. The third kappa shape index (κ3) is 6.34. The Morgan fingerprint density at radius 2 is 1.67 bits per heavy atom. The minimum Gasteiger partial charge on any atom is -0.452 e. The summed E-state index contributed by atoms with van der Waals surface area (Å²) in [5.41, 5.74) is 1.40. The Kier molecular flexibility index (Phi) is 8.08. The van der Waals surface area contributed by atoms with Crippen molar-refractivity contribution in [2.24, 2.45) is 0 Å². The number of para-hydroxylation sites is 1. The minimum absolute atomic E-state index is 0.0330. The van der Waals surface area contributed by atoms with Crippen LogP contribution in [0.25, 0.3) is 0 Å². The average Bonchev–Trinajstić information content (AvgIpc) is 2.83. The molecule has 172 valence electrons. The molecule has 0 fully saturated rings. The molecule has 1 amide bonds. The maximum atomic E-state index is 13.1. The van der Waals surface area contributed by atoms with E-state index in [1.165, 1.54) is 28.6 Å². The van der Waals surface area contributed by atoms with Gasteiger partial charge in [0.25, 0.3) is 15.9 Å². The fraction of sp³-hybridized carbons (Fsp3) is 0.167. The van der Waals surface area contributed by atoms with Gasteiger partial charge in [0, 0.05) is 18.1 Å². The predicted octanol–water partition coefficient (Wildman–Crippen LogP) is 4.03. The van der Waals surface area contributed by atoms with Crippen LogP contribution in [0.1, 0.15) is 22.8 Å². The molecule has 0 atom stereocenters. The van der Waals surface area contributed by atoms with Gasteiger partial charge < -0.3 is 10.1 Å². The van der Waals surface area contributed by atoms with Gasteiger partial charge in [-0.3, -0.25) is 9.10 Å². The summed E-state index contributed by atoms with van der Waals surface area (Å²) in [6.45, 7) is 1.71. The van der Waals surface area contributed by atoms with Crippen LogP contribution in [-0.4, -0.2) is 33.4 Å². The molecule has 0 aromatic heterocycles. The van der Waals surface area contributed by atoms with Crippen LogP contribution in [0.2, 0.25) is 5.02 Å². The molecule has 33 heavy (non-hydrogen) atoms. The highest BCUT2D eigenvalue weighted by molar-refractivity contribution is 7.92. The van der Waals surface area contributed by atoms with Gasteiger partial charge in [0.1, 0.15) is 0 Å². The van der Waals surface area contributed by atoms with Crippen LogP contribution in [0.5, 0.6) is 0 Å². The van der Waals surface area contributed by atoms with E-state index in [0.29, 0.717) is 10.7 Å². The highest BCUT2D eigenvalue weighted by Gasteiger charge is 2.24. The number of nitrogens with zero attached hydrogens (tertiary/aromatic N) is 1. The fourth-order valence-electron chi connectivity index (χ4n) is 3.06. The highest BCUT2D eigenvalue weighted by atomic mass is 35.5. The smallest absolute Gasteiger partial charge is 0.338 e. The molecule has 0 heterocycles. The predicted molar refractivity (Wildman–Crippen MR) is 127 cm³/mol. The van der Waals surface area contributed by atoms with Crippen LogP contribution < -0.4 is 9.62 Å². The summed E-state index contributed by atoms with van der Waals surface area (Å²) >= 11 is 5.83. The molecule has 3 aromatic rings. The van der Waals surface area contributed by atoms with E-state index in [2.05, 4.69) is 5.32 Å². The summed E-state index contributed by atoms with van der Waals surface area (Å²) in [6, 6.07) is 21.2. The first-order valence-corrected chi connectivity index (χ1v) is 12.0. The van der Waals surface area contributed by atoms with Gasteiger partial charge in [0.2, 0.25) is 0 Å². The number of benzene rings is 3. The Morgan fingerprint density at radius 3 is 2.33 bits per heavy atom. The first-order chi connectivity index (χ1) is 15.8. The van der Waals surface area contributed by atoms with Gasteiger partial charge in [-0.05, 0) is 55.0 Å². The number of amides is 1. The summed E-state index contributed by atoms with van der Waals surface area (Å²) < 4.78 is 32.6. The molecule has 9 heteroatoms. The molecular weight excluding hydrogens is 464 g/mol. The molecule has 0 unspecified atom stereocenters. The van der Waals surface area contributed by atoms with Crippen molar-refractivity contribution < 1.29 is 22.7 Å². The van der Waals surface area contributed by atoms with E-state index < -0.39 is 28.5 Å². The van der Waals surface area contributed by atoms with Crippen molar-refractivity contribution in [1.29, 1.82) is 0 Å².